The molecule has 2 rings (SSSR count). The first-order valence-electron chi connectivity index (χ1n) is 4.83. The van der Waals surface area contributed by atoms with Crippen LogP contribution < -0.4 is 14.2 Å². The van der Waals surface area contributed by atoms with Crippen molar-refractivity contribution in [3.8, 4) is 17.2 Å². The second kappa shape index (κ2) is 4.02. The molecule has 16 heavy (non-hydrogen) atoms. The van der Waals surface area contributed by atoms with Crippen LogP contribution in [0.15, 0.2) is 12.1 Å². The van der Waals surface area contributed by atoms with Crippen LogP contribution in [-0.2, 0) is 0 Å². The summed E-state index contributed by atoms with van der Waals surface area (Å²) in [6, 6.07) is 3.07. The van der Waals surface area contributed by atoms with Gasteiger partial charge in [-0.3, -0.25) is 4.79 Å². The van der Waals surface area contributed by atoms with Crippen molar-refractivity contribution in [2.45, 2.75) is 13.0 Å². The van der Waals surface area contributed by atoms with E-state index in [2.05, 4.69) is 0 Å². The molecule has 1 aliphatic heterocycles. The molecule has 1 N–H and O–H groups in total. The maximum Gasteiger partial charge on any atom is 0.231 e. The van der Waals surface area contributed by atoms with Crippen LogP contribution >= 0.6 is 0 Å². The first kappa shape index (κ1) is 10.8. The van der Waals surface area contributed by atoms with E-state index in [9.17, 15) is 9.90 Å². The summed E-state index contributed by atoms with van der Waals surface area (Å²) in [7, 11) is 1.48. The number of hydrogen-bond acceptors (Lipinski definition) is 5. The summed E-state index contributed by atoms with van der Waals surface area (Å²) in [5, 5.41) is 9.22. The highest BCUT2D eigenvalue weighted by atomic mass is 16.7. The first-order valence-corrected chi connectivity index (χ1v) is 4.83. The Balaban J connectivity index is 2.46. The van der Waals surface area contributed by atoms with Gasteiger partial charge in [0.25, 0.3) is 0 Å². The van der Waals surface area contributed by atoms with Crippen LogP contribution in [0.5, 0.6) is 17.2 Å². The van der Waals surface area contributed by atoms with Gasteiger partial charge < -0.3 is 19.3 Å². The molecular weight excluding hydrogens is 212 g/mol. The van der Waals surface area contributed by atoms with Gasteiger partial charge in [-0.1, -0.05) is 0 Å². The van der Waals surface area contributed by atoms with Crippen LogP contribution in [0, 0.1) is 0 Å². The van der Waals surface area contributed by atoms with E-state index in [4.69, 9.17) is 14.2 Å². The summed E-state index contributed by atoms with van der Waals surface area (Å²) in [5.41, 5.74) is 0.344. The van der Waals surface area contributed by atoms with Crippen molar-refractivity contribution in [2.24, 2.45) is 0 Å². The molecule has 0 aliphatic carbocycles. The molecule has 0 amide bonds. The largest absolute Gasteiger partial charge is 0.493 e. The quantitative estimate of drug-likeness (QED) is 0.775. The number of ketones is 1. The predicted octanol–water partition coefficient (Wildman–Crippen LogP) is 0.987. The van der Waals surface area contributed by atoms with Crippen molar-refractivity contribution in [3.05, 3.63) is 17.7 Å². The van der Waals surface area contributed by atoms with Crippen LogP contribution in [0.25, 0.3) is 0 Å². The number of aliphatic hydroxyl groups is 1. The Hall–Kier alpha value is -1.75. The van der Waals surface area contributed by atoms with E-state index in [0.29, 0.717) is 22.8 Å². The minimum atomic E-state index is -1.05. The molecule has 0 fully saturated rings. The number of carbonyl (C=O) groups is 1. The number of methoxy groups -OCH3 is 1. The molecule has 86 valence electrons. The van der Waals surface area contributed by atoms with Crippen molar-refractivity contribution in [3.63, 3.8) is 0 Å². The third kappa shape index (κ3) is 1.69. The van der Waals surface area contributed by atoms with Crippen LogP contribution in [0.4, 0.5) is 0 Å². The fourth-order valence-corrected chi connectivity index (χ4v) is 1.51. The predicted molar refractivity (Wildman–Crippen MR) is 55.1 cm³/mol. The van der Waals surface area contributed by atoms with E-state index in [-0.39, 0.29) is 12.6 Å². The number of rotatable bonds is 3. The summed E-state index contributed by atoms with van der Waals surface area (Å²) in [6.07, 6.45) is -1.05. The van der Waals surface area contributed by atoms with Crippen LogP contribution in [-0.4, -0.2) is 30.9 Å². The lowest BCUT2D eigenvalue weighted by molar-refractivity contribution is 0.0779. The van der Waals surface area contributed by atoms with Gasteiger partial charge >= 0.3 is 0 Å². The smallest absolute Gasteiger partial charge is 0.231 e. The van der Waals surface area contributed by atoms with Crippen molar-refractivity contribution >= 4 is 5.78 Å². The first-order chi connectivity index (χ1) is 7.63. The van der Waals surface area contributed by atoms with Crippen molar-refractivity contribution in [2.75, 3.05) is 13.9 Å². The molecule has 0 spiro atoms. The highest BCUT2D eigenvalue weighted by molar-refractivity contribution is 6.00. The molecule has 1 atom stereocenters. The van der Waals surface area contributed by atoms with Gasteiger partial charge in [-0.05, 0) is 19.1 Å². The molecule has 0 saturated carbocycles. The second-order valence-corrected chi connectivity index (χ2v) is 3.45. The number of benzene rings is 1. The third-order valence-electron chi connectivity index (χ3n) is 2.32. The fraction of sp³-hybridized carbons (Fsp3) is 0.364. The Morgan fingerprint density at radius 1 is 1.50 bits per heavy atom. The van der Waals surface area contributed by atoms with Gasteiger partial charge in [0, 0.05) is 5.56 Å². The number of aliphatic hydroxyl groups excluding tert-OH is 1. The molecule has 1 unspecified atom stereocenters. The van der Waals surface area contributed by atoms with Crippen molar-refractivity contribution in [1.82, 2.24) is 0 Å². The minimum absolute atomic E-state index is 0.109. The summed E-state index contributed by atoms with van der Waals surface area (Å²) in [6.45, 7) is 1.53. The number of hydrogen-bond donors (Lipinski definition) is 1. The molecule has 5 heteroatoms. The van der Waals surface area contributed by atoms with Gasteiger partial charge in [0.2, 0.25) is 12.5 Å². The lowest BCUT2D eigenvalue weighted by Crippen LogP contribution is -2.16. The SMILES string of the molecule is COc1cc(C(=O)C(C)O)cc2c1OCO2. The van der Waals surface area contributed by atoms with Gasteiger partial charge in [0.1, 0.15) is 6.10 Å². The molecule has 1 aliphatic rings. The number of carbonyl (C=O) groups excluding carboxylic acids is 1. The average molecular weight is 224 g/mol. The standard InChI is InChI=1S/C11H12O5/c1-6(12)10(13)7-3-8(14-2)11-9(4-7)15-5-16-11/h3-4,6,12H,5H2,1-2H3. The lowest BCUT2D eigenvalue weighted by Gasteiger charge is -2.08. The highest BCUT2D eigenvalue weighted by Crippen LogP contribution is 2.41. The van der Waals surface area contributed by atoms with E-state index in [0.717, 1.165) is 0 Å². The molecule has 0 radical (unpaired) electrons. The average Bonchev–Trinajstić information content (AvgIpc) is 2.74. The number of ether oxygens (including phenoxy) is 3. The number of Topliss-reactive ketones (excluding diaryl/α,β-unsaturated/α-hetero) is 1. The minimum Gasteiger partial charge on any atom is -0.493 e. The highest BCUT2D eigenvalue weighted by Gasteiger charge is 2.23. The normalized spacial score (nSPS) is 14.7. The Morgan fingerprint density at radius 3 is 2.88 bits per heavy atom. The third-order valence-corrected chi connectivity index (χ3v) is 2.32. The summed E-state index contributed by atoms with van der Waals surface area (Å²) >= 11 is 0. The Kier molecular flexibility index (Phi) is 2.70. The topological polar surface area (TPSA) is 65.0 Å². The summed E-state index contributed by atoms with van der Waals surface area (Å²) < 4.78 is 15.5. The van der Waals surface area contributed by atoms with Gasteiger partial charge in [-0.15, -0.1) is 0 Å². The molecule has 5 nitrogen and oxygen atoms in total. The summed E-state index contributed by atoms with van der Waals surface area (Å²) in [5.74, 6) is 1.00. The lowest BCUT2D eigenvalue weighted by atomic mass is 10.1. The molecule has 0 saturated heterocycles. The maximum absolute atomic E-state index is 11.6. The van der Waals surface area contributed by atoms with E-state index in [1.807, 2.05) is 0 Å². The summed E-state index contributed by atoms with van der Waals surface area (Å²) in [4.78, 5) is 11.6. The van der Waals surface area contributed by atoms with Crippen LogP contribution in [0.2, 0.25) is 0 Å². The molecule has 1 aromatic carbocycles. The zero-order chi connectivity index (χ0) is 11.7. The Bertz CT molecular complexity index is 425. The van der Waals surface area contributed by atoms with Gasteiger partial charge in [-0.25, -0.2) is 0 Å². The fourth-order valence-electron chi connectivity index (χ4n) is 1.51. The molecular formula is C11H12O5. The van der Waals surface area contributed by atoms with Crippen molar-refractivity contribution in [1.29, 1.82) is 0 Å². The van der Waals surface area contributed by atoms with Gasteiger partial charge in [-0.2, -0.15) is 0 Å². The Morgan fingerprint density at radius 2 is 2.25 bits per heavy atom. The monoisotopic (exact) mass is 224 g/mol. The Labute approximate surface area is 92.5 Å². The van der Waals surface area contributed by atoms with Crippen LogP contribution in [0.1, 0.15) is 17.3 Å². The number of fused-ring (bicyclic) bond motifs is 1. The van der Waals surface area contributed by atoms with Gasteiger partial charge in [0.15, 0.2) is 17.3 Å². The second-order valence-electron chi connectivity index (χ2n) is 3.45. The van der Waals surface area contributed by atoms with E-state index in [1.54, 1.807) is 6.07 Å². The van der Waals surface area contributed by atoms with E-state index >= 15 is 0 Å². The molecule has 0 bridgehead atoms. The van der Waals surface area contributed by atoms with E-state index < -0.39 is 6.10 Å². The van der Waals surface area contributed by atoms with Gasteiger partial charge in [0.05, 0.1) is 7.11 Å². The van der Waals surface area contributed by atoms with Crippen molar-refractivity contribution < 1.29 is 24.1 Å². The molecule has 1 heterocycles. The molecule has 0 aromatic heterocycles. The molecule has 1 aromatic rings. The van der Waals surface area contributed by atoms with Crippen LogP contribution in [0.3, 0.4) is 0 Å². The zero-order valence-electron chi connectivity index (χ0n) is 9.02. The maximum atomic E-state index is 11.6. The zero-order valence-corrected chi connectivity index (χ0v) is 9.02. The van der Waals surface area contributed by atoms with E-state index in [1.165, 1.54) is 20.1 Å².